The molecule has 2 aromatic rings. The Bertz CT molecular complexity index is 696. The first kappa shape index (κ1) is 14.6. The second-order valence-corrected chi connectivity index (χ2v) is 5.71. The first-order chi connectivity index (χ1) is 9.52. The number of nitrogens with zero attached hydrogens (tertiary/aromatic N) is 2. The molecular formula is C14H16N2O3S. The van der Waals surface area contributed by atoms with Gasteiger partial charge in [0.1, 0.15) is 10.9 Å². The number of hydrogen-bond acceptors (Lipinski definition) is 4. The van der Waals surface area contributed by atoms with Crippen LogP contribution in [0.25, 0.3) is 5.65 Å². The third-order valence-electron chi connectivity index (χ3n) is 3.02. The summed E-state index contributed by atoms with van der Waals surface area (Å²) in [5.41, 5.74) is 2.02. The number of pyridine rings is 1. The van der Waals surface area contributed by atoms with E-state index in [0.717, 1.165) is 5.56 Å². The zero-order valence-electron chi connectivity index (χ0n) is 11.4. The summed E-state index contributed by atoms with van der Waals surface area (Å²) in [4.78, 5) is 27.4. The lowest BCUT2D eigenvalue weighted by Crippen LogP contribution is -2.18. The van der Waals surface area contributed by atoms with E-state index >= 15 is 0 Å². The van der Waals surface area contributed by atoms with Crippen LogP contribution in [0.3, 0.4) is 0 Å². The van der Waals surface area contributed by atoms with Crippen LogP contribution in [0.2, 0.25) is 0 Å². The molecule has 1 atom stereocenters. The summed E-state index contributed by atoms with van der Waals surface area (Å²) < 4.78 is 1.50. The van der Waals surface area contributed by atoms with E-state index < -0.39 is 11.2 Å². The monoisotopic (exact) mass is 292 g/mol. The summed E-state index contributed by atoms with van der Waals surface area (Å²) in [5, 5.41) is 8.55. The van der Waals surface area contributed by atoms with Gasteiger partial charge in [-0.05, 0) is 25.0 Å². The van der Waals surface area contributed by atoms with E-state index in [1.807, 2.05) is 19.9 Å². The maximum absolute atomic E-state index is 12.0. The molecule has 0 amide bonds. The molecule has 0 saturated carbocycles. The molecule has 5 nitrogen and oxygen atoms in total. The lowest BCUT2D eigenvalue weighted by molar-refractivity contribution is -0.136. The fourth-order valence-corrected chi connectivity index (χ4v) is 2.83. The summed E-state index contributed by atoms with van der Waals surface area (Å²) in [6.07, 6.45) is 2.23. The number of hydrogen-bond donors (Lipinski definition) is 1. The predicted molar refractivity (Wildman–Crippen MR) is 79.2 cm³/mol. The maximum Gasteiger partial charge on any atom is 0.316 e. The van der Waals surface area contributed by atoms with Gasteiger partial charge in [-0.25, -0.2) is 4.98 Å². The summed E-state index contributed by atoms with van der Waals surface area (Å²) in [7, 11) is 0. The molecule has 0 radical (unpaired) electrons. The normalized spacial score (nSPS) is 12.5. The first-order valence-corrected chi connectivity index (χ1v) is 7.40. The van der Waals surface area contributed by atoms with Crippen LogP contribution in [0.5, 0.6) is 0 Å². The second kappa shape index (κ2) is 6.09. The zero-order valence-corrected chi connectivity index (χ0v) is 12.2. The molecule has 0 aliphatic heterocycles. The zero-order chi connectivity index (χ0) is 14.7. The molecule has 1 unspecified atom stereocenters. The summed E-state index contributed by atoms with van der Waals surface area (Å²) in [6, 6.07) is 5.16. The van der Waals surface area contributed by atoms with Gasteiger partial charge in [0.2, 0.25) is 0 Å². The smallest absolute Gasteiger partial charge is 0.316 e. The van der Waals surface area contributed by atoms with Crippen molar-refractivity contribution in [2.75, 3.05) is 0 Å². The van der Waals surface area contributed by atoms with Crippen LogP contribution in [-0.2, 0) is 10.5 Å². The molecule has 6 heteroatoms. The Hall–Kier alpha value is -1.82. The minimum atomic E-state index is -0.828. The van der Waals surface area contributed by atoms with E-state index in [1.165, 1.54) is 22.2 Å². The standard InChI is InChI=1S/C14H16N2O3S/c1-3-11(14(18)19)20-8-10-7-12(17)16-6-4-5-9(2)13(16)15-10/h4-7,11H,3,8H2,1-2H3,(H,18,19). The Morgan fingerprint density at radius 3 is 2.95 bits per heavy atom. The van der Waals surface area contributed by atoms with Gasteiger partial charge in [0, 0.05) is 18.0 Å². The van der Waals surface area contributed by atoms with E-state index in [4.69, 9.17) is 5.11 Å². The molecule has 1 N–H and O–H groups in total. The maximum atomic E-state index is 12.0. The number of aromatic nitrogens is 2. The van der Waals surface area contributed by atoms with Crippen LogP contribution in [0.4, 0.5) is 0 Å². The minimum Gasteiger partial charge on any atom is -0.480 e. The molecule has 0 saturated heterocycles. The molecule has 0 aliphatic rings. The van der Waals surface area contributed by atoms with Gasteiger partial charge < -0.3 is 5.11 Å². The van der Waals surface area contributed by atoms with Crippen LogP contribution in [0.15, 0.2) is 29.2 Å². The van der Waals surface area contributed by atoms with Gasteiger partial charge >= 0.3 is 5.97 Å². The molecule has 0 aromatic carbocycles. The Balaban J connectivity index is 2.30. The highest BCUT2D eigenvalue weighted by Crippen LogP contribution is 2.19. The van der Waals surface area contributed by atoms with E-state index in [2.05, 4.69) is 4.98 Å². The van der Waals surface area contributed by atoms with Gasteiger partial charge in [-0.1, -0.05) is 13.0 Å². The fourth-order valence-electron chi connectivity index (χ4n) is 1.93. The quantitative estimate of drug-likeness (QED) is 0.913. The van der Waals surface area contributed by atoms with Gasteiger partial charge in [0.15, 0.2) is 0 Å². The third-order valence-corrected chi connectivity index (χ3v) is 4.42. The van der Waals surface area contributed by atoms with Crippen LogP contribution in [0.1, 0.15) is 24.6 Å². The van der Waals surface area contributed by atoms with E-state index in [-0.39, 0.29) is 5.56 Å². The molecule has 20 heavy (non-hydrogen) atoms. The summed E-state index contributed by atoms with van der Waals surface area (Å²) in [6.45, 7) is 3.73. The second-order valence-electron chi connectivity index (χ2n) is 4.52. The largest absolute Gasteiger partial charge is 0.480 e. The van der Waals surface area contributed by atoms with E-state index in [1.54, 1.807) is 12.3 Å². The van der Waals surface area contributed by atoms with Crippen LogP contribution >= 0.6 is 11.8 Å². The average molecular weight is 292 g/mol. The average Bonchev–Trinajstić information content (AvgIpc) is 2.40. The number of aliphatic carboxylic acids is 1. The molecular weight excluding hydrogens is 276 g/mol. The third kappa shape index (κ3) is 3.01. The van der Waals surface area contributed by atoms with Crippen molar-refractivity contribution >= 4 is 23.4 Å². The lowest BCUT2D eigenvalue weighted by Gasteiger charge is -2.10. The van der Waals surface area contributed by atoms with Crippen molar-refractivity contribution in [2.45, 2.75) is 31.3 Å². The van der Waals surface area contributed by atoms with Gasteiger partial charge in [-0.2, -0.15) is 0 Å². The molecule has 2 aromatic heterocycles. The number of aryl methyl sites for hydroxylation is 1. The number of carboxylic acid groups (broad SMARTS) is 1. The Labute approximate surface area is 120 Å². The molecule has 2 rings (SSSR count). The summed E-state index contributed by atoms with van der Waals surface area (Å²) in [5.74, 6) is -0.406. The number of carboxylic acids is 1. The number of carbonyl (C=O) groups is 1. The topological polar surface area (TPSA) is 71.7 Å². The van der Waals surface area contributed by atoms with Gasteiger partial charge in [-0.15, -0.1) is 11.8 Å². The summed E-state index contributed by atoms with van der Waals surface area (Å²) >= 11 is 1.30. The van der Waals surface area contributed by atoms with E-state index in [0.29, 0.717) is 23.5 Å². The SMILES string of the molecule is CCC(SCc1cc(=O)n2cccc(C)c2n1)C(=O)O. The molecule has 0 bridgehead atoms. The highest BCUT2D eigenvalue weighted by atomic mass is 32.2. The van der Waals surface area contributed by atoms with Crippen molar-refractivity contribution in [3.63, 3.8) is 0 Å². The van der Waals surface area contributed by atoms with Crippen molar-refractivity contribution in [1.82, 2.24) is 9.38 Å². The van der Waals surface area contributed by atoms with Gasteiger partial charge in [-0.3, -0.25) is 14.0 Å². The van der Waals surface area contributed by atoms with Crippen molar-refractivity contribution in [3.8, 4) is 0 Å². The predicted octanol–water partition coefficient (Wildman–Crippen LogP) is 2.10. The molecule has 106 valence electrons. The number of fused-ring (bicyclic) bond motifs is 1. The highest BCUT2D eigenvalue weighted by Gasteiger charge is 2.16. The highest BCUT2D eigenvalue weighted by molar-refractivity contribution is 7.99. The van der Waals surface area contributed by atoms with Crippen molar-refractivity contribution < 1.29 is 9.90 Å². The Kier molecular flexibility index (Phi) is 4.44. The minimum absolute atomic E-state index is 0.141. The van der Waals surface area contributed by atoms with Crippen LogP contribution in [-0.4, -0.2) is 25.7 Å². The van der Waals surface area contributed by atoms with Crippen LogP contribution in [0, 0.1) is 6.92 Å². The lowest BCUT2D eigenvalue weighted by atomic mass is 10.3. The fraction of sp³-hybridized carbons (Fsp3) is 0.357. The van der Waals surface area contributed by atoms with Crippen LogP contribution < -0.4 is 5.56 Å². The van der Waals surface area contributed by atoms with Crippen molar-refractivity contribution in [3.05, 3.63) is 46.0 Å². The molecule has 2 heterocycles. The van der Waals surface area contributed by atoms with Gasteiger partial charge in [0.05, 0.1) is 5.69 Å². The number of thioether (sulfide) groups is 1. The first-order valence-electron chi connectivity index (χ1n) is 6.35. The van der Waals surface area contributed by atoms with Crippen molar-refractivity contribution in [2.24, 2.45) is 0 Å². The Morgan fingerprint density at radius 1 is 1.55 bits per heavy atom. The Morgan fingerprint density at radius 2 is 2.30 bits per heavy atom. The molecule has 0 spiro atoms. The van der Waals surface area contributed by atoms with Gasteiger partial charge in [0.25, 0.3) is 5.56 Å². The van der Waals surface area contributed by atoms with Crippen molar-refractivity contribution in [1.29, 1.82) is 0 Å². The van der Waals surface area contributed by atoms with E-state index in [9.17, 15) is 9.59 Å². The molecule has 0 fully saturated rings. The molecule has 0 aliphatic carbocycles. The number of rotatable bonds is 5.